The van der Waals surface area contributed by atoms with Crippen LogP contribution in [0.1, 0.15) is 23.0 Å². The summed E-state index contributed by atoms with van der Waals surface area (Å²) < 4.78 is 0. The Labute approximate surface area is 129 Å². The molecule has 1 amide bonds. The van der Waals surface area contributed by atoms with Gasteiger partial charge in [-0.2, -0.15) is 0 Å². The predicted molar refractivity (Wildman–Crippen MR) is 89.3 cm³/mol. The molecule has 0 fully saturated rings. The molecule has 0 saturated heterocycles. The number of hydrogen-bond acceptors (Lipinski definition) is 4. The second kappa shape index (κ2) is 7.13. The van der Waals surface area contributed by atoms with Crippen molar-refractivity contribution in [1.29, 1.82) is 0 Å². The minimum absolute atomic E-state index is 0.127. The Bertz CT molecular complexity index is 643. The third-order valence-corrected chi connectivity index (χ3v) is 3.63. The van der Waals surface area contributed by atoms with Gasteiger partial charge in [-0.05, 0) is 50.4 Å². The maximum absolute atomic E-state index is 12.3. The number of aryl methyl sites for hydroxylation is 1. The minimum Gasteiger partial charge on any atom is -0.370 e. The van der Waals surface area contributed by atoms with E-state index in [9.17, 15) is 4.79 Å². The van der Waals surface area contributed by atoms with E-state index in [0.29, 0.717) is 5.56 Å². The molecule has 1 aromatic carbocycles. The number of rotatable bonds is 5. The summed E-state index contributed by atoms with van der Waals surface area (Å²) in [6.45, 7) is 4.65. The number of benzene rings is 1. The lowest BCUT2D eigenvalue weighted by Crippen LogP contribution is -2.13. The van der Waals surface area contributed by atoms with Gasteiger partial charge in [0.15, 0.2) is 0 Å². The first kappa shape index (κ1) is 15.4. The summed E-state index contributed by atoms with van der Waals surface area (Å²) in [5.74, 6) is 0.596. The summed E-state index contributed by atoms with van der Waals surface area (Å²) >= 11 is 1.65. The maximum atomic E-state index is 12.3. The van der Waals surface area contributed by atoms with Crippen molar-refractivity contribution in [2.45, 2.75) is 18.7 Å². The SMILES string of the molecule is CCNc1cc(C(=O)Nc2cccc(SC)c2)cc(C)n1. The molecule has 0 bridgehead atoms. The summed E-state index contributed by atoms with van der Waals surface area (Å²) in [6.07, 6.45) is 2.01. The third kappa shape index (κ3) is 4.23. The number of hydrogen-bond donors (Lipinski definition) is 2. The molecule has 0 aliphatic carbocycles. The quantitative estimate of drug-likeness (QED) is 0.825. The molecule has 0 aliphatic heterocycles. The van der Waals surface area contributed by atoms with Gasteiger partial charge in [-0.25, -0.2) is 4.98 Å². The molecule has 1 aromatic heterocycles. The summed E-state index contributed by atoms with van der Waals surface area (Å²) in [6, 6.07) is 11.3. The number of nitrogens with one attached hydrogen (secondary N) is 2. The van der Waals surface area contributed by atoms with Crippen molar-refractivity contribution >= 4 is 29.2 Å². The highest BCUT2D eigenvalue weighted by Crippen LogP contribution is 2.20. The molecular formula is C16H19N3OS. The Hall–Kier alpha value is -2.01. The highest BCUT2D eigenvalue weighted by atomic mass is 32.2. The second-order valence-corrected chi connectivity index (χ2v) is 5.48. The van der Waals surface area contributed by atoms with Crippen LogP contribution >= 0.6 is 11.8 Å². The average Bonchev–Trinajstić information content (AvgIpc) is 2.47. The molecule has 5 heteroatoms. The summed E-state index contributed by atoms with van der Waals surface area (Å²) in [5, 5.41) is 6.05. The van der Waals surface area contributed by atoms with Crippen LogP contribution in [0.2, 0.25) is 0 Å². The molecule has 0 spiro atoms. The standard InChI is InChI=1S/C16H19N3OS/c1-4-17-15-9-12(8-11(2)18-15)16(20)19-13-6-5-7-14(10-13)21-3/h5-10H,4H2,1-3H3,(H,17,18)(H,19,20). The molecule has 1 heterocycles. The van der Waals surface area contributed by atoms with E-state index in [1.807, 2.05) is 44.4 Å². The number of anilines is 2. The molecule has 4 nitrogen and oxygen atoms in total. The average molecular weight is 301 g/mol. The first-order valence-corrected chi connectivity index (χ1v) is 8.03. The fraction of sp³-hybridized carbons (Fsp3) is 0.250. The molecule has 21 heavy (non-hydrogen) atoms. The maximum Gasteiger partial charge on any atom is 0.255 e. The number of nitrogens with zero attached hydrogens (tertiary/aromatic N) is 1. The van der Waals surface area contributed by atoms with E-state index < -0.39 is 0 Å². The molecule has 110 valence electrons. The van der Waals surface area contributed by atoms with Crippen molar-refractivity contribution in [1.82, 2.24) is 4.98 Å². The Morgan fingerprint density at radius 2 is 2.10 bits per heavy atom. The summed E-state index contributed by atoms with van der Waals surface area (Å²) in [5.41, 5.74) is 2.22. The lowest BCUT2D eigenvalue weighted by atomic mass is 10.2. The summed E-state index contributed by atoms with van der Waals surface area (Å²) in [7, 11) is 0. The molecular weight excluding hydrogens is 282 g/mol. The van der Waals surface area contributed by atoms with Crippen molar-refractivity contribution < 1.29 is 4.79 Å². The van der Waals surface area contributed by atoms with E-state index in [-0.39, 0.29) is 5.91 Å². The molecule has 0 aliphatic rings. The predicted octanol–water partition coefficient (Wildman–Crippen LogP) is 3.80. The lowest BCUT2D eigenvalue weighted by molar-refractivity contribution is 0.102. The Morgan fingerprint density at radius 3 is 2.81 bits per heavy atom. The van der Waals surface area contributed by atoms with Gasteiger partial charge < -0.3 is 10.6 Å². The van der Waals surface area contributed by atoms with Gasteiger partial charge in [0.2, 0.25) is 0 Å². The van der Waals surface area contributed by atoms with Crippen LogP contribution in [0.5, 0.6) is 0 Å². The first-order valence-electron chi connectivity index (χ1n) is 6.80. The molecule has 2 aromatic rings. The van der Waals surface area contributed by atoms with Crippen LogP contribution in [0.4, 0.5) is 11.5 Å². The summed E-state index contributed by atoms with van der Waals surface area (Å²) in [4.78, 5) is 17.8. The molecule has 0 saturated carbocycles. The number of amides is 1. The molecule has 2 N–H and O–H groups in total. The van der Waals surface area contributed by atoms with E-state index in [0.717, 1.165) is 28.6 Å². The van der Waals surface area contributed by atoms with Crippen molar-refractivity contribution in [3.05, 3.63) is 47.7 Å². The van der Waals surface area contributed by atoms with Gasteiger partial charge in [0, 0.05) is 28.4 Å². The van der Waals surface area contributed by atoms with Crippen molar-refractivity contribution in [3.63, 3.8) is 0 Å². The lowest BCUT2D eigenvalue weighted by Gasteiger charge is -2.09. The minimum atomic E-state index is -0.127. The van der Waals surface area contributed by atoms with Gasteiger partial charge in [0.25, 0.3) is 5.91 Å². The monoisotopic (exact) mass is 301 g/mol. The molecule has 0 atom stereocenters. The van der Waals surface area contributed by atoms with Crippen molar-refractivity contribution in [2.24, 2.45) is 0 Å². The highest BCUT2D eigenvalue weighted by molar-refractivity contribution is 7.98. The van der Waals surface area contributed by atoms with Crippen molar-refractivity contribution in [3.8, 4) is 0 Å². The van der Waals surface area contributed by atoms with Crippen LogP contribution in [0.25, 0.3) is 0 Å². The zero-order valence-electron chi connectivity index (χ0n) is 12.4. The van der Waals surface area contributed by atoms with Crippen molar-refractivity contribution in [2.75, 3.05) is 23.4 Å². The second-order valence-electron chi connectivity index (χ2n) is 4.60. The van der Waals surface area contributed by atoms with Gasteiger partial charge in [-0.1, -0.05) is 6.07 Å². The van der Waals surface area contributed by atoms with E-state index in [4.69, 9.17) is 0 Å². The Kier molecular flexibility index (Phi) is 5.22. The zero-order chi connectivity index (χ0) is 15.2. The number of pyridine rings is 1. The van der Waals surface area contributed by atoms with Gasteiger partial charge in [-0.15, -0.1) is 11.8 Å². The van der Waals surface area contributed by atoms with Crippen LogP contribution in [0, 0.1) is 6.92 Å². The van der Waals surface area contributed by atoms with Gasteiger partial charge in [0.1, 0.15) is 5.82 Å². The van der Waals surface area contributed by atoms with Gasteiger partial charge in [0.05, 0.1) is 0 Å². The Balaban J connectivity index is 2.19. The smallest absolute Gasteiger partial charge is 0.255 e. The van der Waals surface area contributed by atoms with Crippen LogP contribution in [-0.4, -0.2) is 23.7 Å². The first-order chi connectivity index (χ1) is 10.1. The Morgan fingerprint density at radius 1 is 1.29 bits per heavy atom. The number of thioether (sulfide) groups is 1. The largest absolute Gasteiger partial charge is 0.370 e. The van der Waals surface area contributed by atoms with Gasteiger partial charge >= 0.3 is 0 Å². The zero-order valence-corrected chi connectivity index (χ0v) is 13.3. The number of carbonyl (C=O) groups is 1. The number of carbonyl (C=O) groups excluding carboxylic acids is 1. The fourth-order valence-corrected chi connectivity index (χ4v) is 2.43. The normalized spacial score (nSPS) is 10.2. The molecule has 0 unspecified atom stereocenters. The van der Waals surface area contributed by atoms with Crippen LogP contribution in [-0.2, 0) is 0 Å². The van der Waals surface area contributed by atoms with E-state index in [1.54, 1.807) is 23.9 Å². The highest BCUT2D eigenvalue weighted by Gasteiger charge is 2.09. The van der Waals surface area contributed by atoms with Crippen LogP contribution in [0.15, 0.2) is 41.3 Å². The van der Waals surface area contributed by atoms with E-state index in [1.165, 1.54) is 0 Å². The molecule has 0 radical (unpaired) electrons. The van der Waals surface area contributed by atoms with E-state index >= 15 is 0 Å². The van der Waals surface area contributed by atoms with Gasteiger partial charge in [-0.3, -0.25) is 4.79 Å². The third-order valence-electron chi connectivity index (χ3n) is 2.90. The fourth-order valence-electron chi connectivity index (χ4n) is 1.98. The topological polar surface area (TPSA) is 54.0 Å². The molecule has 2 rings (SSSR count). The van der Waals surface area contributed by atoms with Crippen LogP contribution < -0.4 is 10.6 Å². The van der Waals surface area contributed by atoms with E-state index in [2.05, 4.69) is 15.6 Å². The van der Waals surface area contributed by atoms with Crippen LogP contribution in [0.3, 0.4) is 0 Å². The number of aromatic nitrogens is 1.